The Bertz CT molecular complexity index is 345. The van der Waals surface area contributed by atoms with Crippen LogP contribution < -0.4 is 0 Å². The fraction of sp³-hybridized carbons (Fsp3) is 0.533. The van der Waals surface area contributed by atoms with Gasteiger partial charge in [0.1, 0.15) is 0 Å². The lowest BCUT2D eigenvalue weighted by Crippen LogP contribution is -2.26. The minimum atomic E-state index is 0.251. The van der Waals surface area contributed by atoms with E-state index in [2.05, 4.69) is 13.8 Å². The van der Waals surface area contributed by atoms with E-state index in [4.69, 9.17) is 0 Å². The maximum Gasteiger partial charge on any atom is 0.165 e. The van der Waals surface area contributed by atoms with E-state index in [0.29, 0.717) is 17.6 Å². The molecule has 16 heavy (non-hydrogen) atoms. The highest BCUT2D eigenvalue weighted by atomic mass is 16.1. The fourth-order valence-corrected chi connectivity index (χ4v) is 3.00. The molecule has 1 aromatic rings. The van der Waals surface area contributed by atoms with Gasteiger partial charge in [-0.2, -0.15) is 0 Å². The minimum absolute atomic E-state index is 0.251. The van der Waals surface area contributed by atoms with E-state index in [-0.39, 0.29) is 5.92 Å². The van der Waals surface area contributed by atoms with Gasteiger partial charge >= 0.3 is 0 Å². The van der Waals surface area contributed by atoms with Crippen molar-refractivity contribution in [1.82, 2.24) is 0 Å². The number of hydrogen-bond donors (Lipinski definition) is 0. The molecule has 0 amide bonds. The number of ketones is 1. The highest BCUT2D eigenvalue weighted by Gasteiger charge is 2.29. The fourth-order valence-electron chi connectivity index (χ4n) is 3.00. The van der Waals surface area contributed by atoms with Crippen molar-refractivity contribution in [2.45, 2.75) is 33.1 Å². The van der Waals surface area contributed by atoms with E-state index < -0.39 is 0 Å². The summed E-state index contributed by atoms with van der Waals surface area (Å²) in [7, 11) is 0. The van der Waals surface area contributed by atoms with E-state index in [1.807, 2.05) is 30.3 Å². The van der Waals surface area contributed by atoms with Crippen molar-refractivity contribution < 1.29 is 4.79 Å². The predicted molar refractivity (Wildman–Crippen MR) is 66.4 cm³/mol. The van der Waals surface area contributed by atoms with Crippen molar-refractivity contribution >= 4 is 5.78 Å². The Morgan fingerprint density at radius 2 is 1.56 bits per heavy atom. The first kappa shape index (κ1) is 11.4. The zero-order valence-corrected chi connectivity index (χ0v) is 10.1. The maximum absolute atomic E-state index is 12.3. The van der Waals surface area contributed by atoms with Crippen LogP contribution in [0.4, 0.5) is 0 Å². The van der Waals surface area contributed by atoms with Crippen molar-refractivity contribution in [3.8, 4) is 0 Å². The Labute approximate surface area is 97.9 Å². The molecule has 0 saturated heterocycles. The molecule has 86 valence electrons. The summed E-state index contributed by atoms with van der Waals surface area (Å²) >= 11 is 0. The molecule has 0 N–H and O–H groups in total. The molecule has 0 aliphatic heterocycles. The van der Waals surface area contributed by atoms with E-state index >= 15 is 0 Å². The maximum atomic E-state index is 12.3. The number of rotatable bonds is 2. The second kappa shape index (κ2) is 4.82. The molecule has 1 heteroatoms. The topological polar surface area (TPSA) is 17.1 Å². The summed E-state index contributed by atoms with van der Waals surface area (Å²) in [5, 5.41) is 0. The Balaban J connectivity index is 2.10. The number of carbonyl (C=O) groups is 1. The number of hydrogen-bond acceptors (Lipinski definition) is 1. The van der Waals surface area contributed by atoms with E-state index in [0.717, 1.165) is 18.4 Å². The predicted octanol–water partition coefficient (Wildman–Crippen LogP) is 3.94. The molecule has 0 radical (unpaired) electrons. The van der Waals surface area contributed by atoms with Crippen LogP contribution in [-0.2, 0) is 0 Å². The standard InChI is InChI=1S/C15H20O/c1-11-8-12(2)10-14(9-11)15(16)13-6-4-3-5-7-13/h3-7,11-12,14H,8-10H2,1-2H3. The lowest BCUT2D eigenvalue weighted by atomic mass is 9.74. The molecule has 1 saturated carbocycles. The number of Topliss-reactive ketones (excluding diaryl/α,β-unsaturated/α-hetero) is 1. The summed E-state index contributed by atoms with van der Waals surface area (Å²) in [6.45, 7) is 4.53. The third-order valence-corrected chi connectivity index (χ3v) is 3.61. The van der Waals surface area contributed by atoms with Crippen LogP contribution in [0.1, 0.15) is 43.5 Å². The van der Waals surface area contributed by atoms with Crippen LogP contribution >= 0.6 is 0 Å². The molecule has 2 unspecified atom stereocenters. The first-order valence-corrected chi connectivity index (χ1v) is 6.26. The van der Waals surface area contributed by atoms with Crippen LogP contribution in [0.15, 0.2) is 30.3 Å². The normalized spacial score (nSPS) is 30.0. The van der Waals surface area contributed by atoms with Gasteiger partial charge in [0.15, 0.2) is 5.78 Å². The first-order chi connectivity index (χ1) is 7.66. The number of benzene rings is 1. The van der Waals surface area contributed by atoms with Crippen molar-refractivity contribution in [2.24, 2.45) is 17.8 Å². The van der Waals surface area contributed by atoms with Crippen LogP contribution in [0.25, 0.3) is 0 Å². The smallest absolute Gasteiger partial charge is 0.165 e. The van der Waals surface area contributed by atoms with Gasteiger partial charge in [0, 0.05) is 11.5 Å². The van der Waals surface area contributed by atoms with E-state index in [9.17, 15) is 4.79 Å². The van der Waals surface area contributed by atoms with Gasteiger partial charge in [-0.1, -0.05) is 44.2 Å². The Hall–Kier alpha value is -1.11. The quantitative estimate of drug-likeness (QED) is 0.684. The summed E-state index contributed by atoms with van der Waals surface area (Å²) in [4.78, 5) is 12.3. The zero-order chi connectivity index (χ0) is 11.5. The lowest BCUT2D eigenvalue weighted by molar-refractivity contribution is 0.0836. The molecule has 1 fully saturated rings. The van der Waals surface area contributed by atoms with Crippen molar-refractivity contribution in [2.75, 3.05) is 0 Å². The van der Waals surface area contributed by atoms with Gasteiger partial charge in [-0.3, -0.25) is 4.79 Å². The first-order valence-electron chi connectivity index (χ1n) is 6.26. The second-order valence-corrected chi connectivity index (χ2v) is 5.34. The zero-order valence-electron chi connectivity index (χ0n) is 10.1. The molecule has 0 bridgehead atoms. The van der Waals surface area contributed by atoms with Crippen molar-refractivity contribution in [3.63, 3.8) is 0 Å². The Morgan fingerprint density at radius 1 is 1.00 bits per heavy atom. The lowest BCUT2D eigenvalue weighted by Gasteiger charge is -2.30. The van der Waals surface area contributed by atoms with E-state index in [1.165, 1.54) is 6.42 Å². The monoisotopic (exact) mass is 216 g/mol. The van der Waals surface area contributed by atoms with Crippen LogP contribution in [0.2, 0.25) is 0 Å². The van der Waals surface area contributed by atoms with Crippen molar-refractivity contribution in [3.05, 3.63) is 35.9 Å². The molecular weight excluding hydrogens is 196 g/mol. The van der Waals surface area contributed by atoms with Crippen LogP contribution in [0.5, 0.6) is 0 Å². The average Bonchev–Trinajstić information content (AvgIpc) is 2.28. The Kier molecular flexibility index (Phi) is 3.42. The molecule has 0 aromatic heterocycles. The summed E-state index contributed by atoms with van der Waals surface area (Å²) in [6, 6.07) is 9.73. The van der Waals surface area contributed by atoms with Gasteiger partial charge in [0.25, 0.3) is 0 Å². The number of carbonyl (C=O) groups excluding carboxylic acids is 1. The summed E-state index contributed by atoms with van der Waals surface area (Å²) in [5.74, 6) is 1.99. The minimum Gasteiger partial charge on any atom is -0.294 e. The van der Waals surface area contributed by atoms with Gasteiger partial charge in [0.2, 0.25) is 0 Å². The van der Waals surface area contributed by atoms with Crippen molar-refractivity contribution in [1.29, 1.82) is 0 Å². The molecule has 1 aliphatic carbocycles. The summed E-state index contributed by atoms with van der Waals surface area (Å²) in [6.07, 6.45) is 3.41. The molecular formula is C15H20O. The molecule has 2 rings (SSSR count). The second-order valence-electron chi connectivity index (χ2n) is 5.34. The molecule has 1 aromatic carbocycles. The Morgan fingerprint density at radius 3 is 2.12 bits per heavy atom. The average molecular weight is 216 g/mol. The summed E-state index contributed by atoms with van der Waals surface area (Å²) < 4.78 is 0. The third kappa shape index (κ3) is 2.52. The summed E-state index contributed by atoms with van der Waals surface area (Å²) in [5.41, 5.74) is 0.883. The van der Waals surface area contributed by atoms with Gasteiger partial charge in [-0.15, -0.1) is 0 Å². The highest BCUT2D eigenvalue weighted by molar-refractivity contribution is 5.97. The van der Waals surface area contributed by atoms with Crippen LogP contribution in [-0.4, -0.2) is 5.78 Å². The van der Waals surface area contributed by atoms with Gasteiger partial charge in [-0.05, 0) is 31.1 Å². The van der Waals surface area contributed by atoms with E-state index in [1.54, 1.807) is 0 Å². The molecule has 0 heterocycles. The molecule has 1 aliphatic rings. The third-order valence-electron chi connectivity index (χ3n) is 3.61. The molecule has 0 spiro atoms. The van der Waals surface area contributed by atoms with Gasteiger partial charge in [0.05, 0.1) is 0 Å². The van der Waals surface area contributed by atoms with Gasteiger partial charge in [-0.25, -0.2) is 0 Å². The SMILES string of the molecule is CC1CC(C)CC(C(=O)c2ccccc2)C1. The van der Waals surface area contributed by atoms with Gasteiger partial charge < -0.3 is 0 Å². The van der Waals surface area contributed by atoms with Crippen LogP contribution in [0.3, 0.4) is 0 Å². The largest absolute Gasteiger partial charge is 0.294 e. The highest BCUT2D eigenvalue weighted by Crippen LogP contribution is 2.34. The molecule has 2 atom stereocenters. The molecule has 1 nitrogen and oxygen atoms in total. The van der Waals surface area contributed by atoms with Crippen LogP contribution in [0, 0.1) is 17.8 Å².